The molecule has 0 aliphatic heterocycles. The number of amides is 4. The van der Waals surface area contributed by atoms with E-state index in [9.17, 15) is 19.2 Å². The number of nitrogens with zero attached hydrogens (tertiary/aromatic N) is 4. The highest BCUT2D eigenvalue weighted by Crippen LogP contribution is 2.32. The predicted octanol–water partition coefficient (Wildman–Crippen LogP) is 5.47. The molecular weight excluding hydrogens is 704 g/mol. The lowest BCUT2D eigenvalue weighted by Crippen LogP contribution is -2.42. The van der Waals surface area contributed by atoms with Gasteiger partial charge in [-0.3, -0.25) is 9.59 Å². The number of H-pyrrole nitrogens is 2. The molecule has 15 nitrogen and oxygen atoms in total. The molecule has 288 valence electrons. The number of aromatic nitrogens is 4. The first-order valence-corrected chi connectivity index (χ1v) is 18.1. The molecule has 0 aliphatic rings. The number of rotatable bonds is 15. The number of hydrogen-bond acceptors (Lipinski definition) is 9. The molecular formula is C40H46N8O7. The molecule has 55 heavy (non-hydrogen) atoms. The van der Waals surface area contributed by atoms with E-state index in [1.807, 2.05) is 38.1 Å². The fourth-order valence-corrected chi connectivity index (χ4v) is 6.78. The number of nitrogens with one attached hydrogen (secondary N) is 4. The Morgan fingerprint density at radius 1 is 0.709 bits per heavy atom. The highest BCUT2D eigenvalue weighted by atomic mass is 16.5. The molecule has 4 amide bonds. The molecule has 6 aromatic rings. The van der Waals surface area contributed by atoms with Crippen LogP contribution in [-0.4, -0.2) is 108 Å². The summed E-state index contributed by atoms with van der Waals surface area (Å²) in [6.07, 6.45) is -0.568. The molecule has 4 aromatic carbocycles. The third kappa shape index (κ3) is 8.95. The molecule has 1 atom stereocenters. The van der Waals surface area contributed by atoms with Gasteiger partial charge in [0.15, 0.2) is 0 Å². The Morgan fingerprint density at radius 2 is 1.20 bits per heavy atom. The maximum Gasteiger partial charge on any atom is 0.407 e. The average Bonchev–Trinajstić information content (AvgIpc) is 3.81. The van der Waals surface area contributed by atoms with Gasteiger partial charge in [-0.15, -0.1) is 0 Å². The van der Waals surface area contributed by atoms with Crippen LogP contribution in [0.2, 0.25) is 0 Å². The van der Waals surface area contributed by atoms with Crippen molar-refractivity contribution in [2.24, 2.45) is 5.92 Å². The molecule has 15 heteroatoms. The first-order valence-electron chi connectivity index (χ1n) is 18.1. The van der Waals surface area contributed by atoms with Gasteiger partial charge in [-0.25, -0.2) is 19.6 Å². The van der Waals surface area contributed by atoms with Crippen molar-refractivity contribution < 1.29 is 33.4 Å². The smallest absolute Gasteiger partial charge is 0.407 e. The number of methoxy groups -OCH3 is 3. The van der Waals surface area contributed by atoms with Gasteiger partial charge in [0, 0.05) is 31.0 Å². The van der Waals surface area contributed by atoms with Crippen LogP contribution in [0.5, 0.6) is 0 Å². The second-order valence-corrected chi connectivity index (χ2v) is 13.5. The van der Waals surface area contributed by atoms with E-state index in [-0.39, 0.29) is 43.9 Å². The molecule has 2 heterocycles. The lowest BCUT2D eigenvalue weighted by molar-refractivity contribution is -0.132. The largest absolute Gasteiger partial charge is 0.453 e. The molecule has 2 aromatic heterocycles. The third-order valence-electron chi connectivity index (χ3n) is 9.38. The maximum absolute atomic E-state index is 13.1. The quantitative estimate of drug-likeness (QED) is 0.106. The topological polar surface area (TPSA) is 184 Å². The fraction of sp³-hybridized carbons (Fsp3) is 0.350. The lowest BCUT2D eigenvalue weighted by Gasteiger charge is -2.25. The Kier molecular flexibility index (Phi) is 12.1. The molecule has 0 unspecified atom stereocenters. The van der Waals surface area contributed by atoms with Crippen LogP contribution in [0.4, 0.5) is 9.59 Å². The summed E-state index contributed by atoms with van der Waals surface area (Å²) in [5, 5.41) is 9.01. The van der Waals surface area contributed by atoms with Crippen molar-refractivity contribution in [1.82, 2.24) is 40.4 Å². The number of aromatic amines is 2. The maximum atomic E-state index is 13.1. The minimum Gasteiger partial charge on any atom is -0.453 e. The summed E-state index contributed by atoms with van der Waals surface area (Å²) in [5.41, 5.74) is 5.45. The summed E-state index contributed by atoms with van der Waals surface area (Å²) in [6.45, 7) is 5.57. The van der Waals surface area contributed by atoms with E-state index in [1.54, 1.807) is 16.9 Å². The number of ether oxygens (including phenoxy) is 3. The monoisotopic (exact) mass is 750 g/mol. The van der Waals surface area contributed by atoms with E-state index in [1.165, 1.54) is 14.2 Å². The van der Waals surface area contributed by atoms with E-state index in [0.717, 1.165) is 61.2 Å². The van der Waals surface area contributed by atoms with E-state index in [2.05, 4.69) is 66.5 Å². The summed E-state index contributed by atoms with van der Waals surface area (Å²) in [7, 11) is 4.13. The van der Waals surface area contributed by atoms with Crippen LogP contribution < -0.4 is 10.6 Å². The van der Waals surface area contributed by atoms with Gasteiger partial charge in [0.25, 0.3) is 0 Å². The minimum atomic E-state index is -0.671. The van der Waals surface area contributed by atoms with Crippen molar-refractivity contribution in [1.29, 1.82) is 0 Å². The molecule has 0 spiro atoms. The first kappa shape index (κ1) is 38.5. The molecule has 0 saturated heterocycles. The first-order chi connectivity index (χ1) is 26.6. The van der Waals surface area contributed by atoms with Gasteiger partial charge in [0.1, 0.15) is 24.7 Å². The minimum absolute atomic E-state index is 0.0663. The van der Waals surface area contributed by atoms with Crippen molar-refractivity contribution in [3.05, 3.63) is 72.3 Å². The number of alkyl carbamates (subject to hydrolysis) is 2. The third-order valence-corrected chi connectivity index (χ3v) is 9.38. The Morgan fingerprint density at radius 3 is 1.67 bits per heavy atom. The lowest BCUT2D eigenvalue weighted by atomic mass is 9.98. The zero-order valence-electron chi connectivity index (χ0n) is 31.7. The molecule has 0 aliphatic carbocycles. The van der Waals surface area contributed by atoms with Crippen LogP contribution in [-0.2, 0) is 36.9 Å². The van der Waals surface area contributed by atoms with Crippen molar-refractivity contribution in [3.63, 3.8) is 0 Å². The van der Waals surface area contributed by atoms with E-state index < -0.39 is 12.2 Å². The van der Waals surface area contributed by atoms with Crippen LogP contribution in [0.25, 0.3) is 54.7 Å². The SMILES string of the molecule is CCCN(Cc1nc2ccc3cc(-c4ccc5c(ccc6nc(CN(C[C@@H](C)COC)C(=O)CNC(=O)OC)[nH]c65)c4)ccc3c2[nH]1)C(=O)CNC(=O)OC. The fourth-order valence-electron chi connectivity index (χ4n) is 6.78. The average molecular weight is 751 g/mol. The predicted molar refractivity (Wildman–Crippen MR) is 209 cm³/mol. The van der Waals surface area contributed by atoms with Gasteiger partial charge >= 0.3 is 12.2 Å². The highest BCUT2D eigenvalue weighted by molar-refractivity contribution is 6.07. The van der Waals surface area contributed by atoms with Crippen LogP contribution in [0, 0.1) is 5.92 Å². The molecule has 0 radical (unpaired) electrons. The van der Waals surface area contributed by atoms with Crippen molar-refractivity contribution in [3.8, 4) is 11.1 Å². The Balaban J connectivity index is 1.22. The zero-order valence-corrected chi connectivity index (χ0v) is 31.7. The van der Waals surface area contributed by atoms with Crippen LogP contribution in [0.3, 0.4) is 0 Å². The van der Waals surface area contributed by atoms with Gasteiger partial charge < -0.3 is 44.6 Å². The highest BCUT2D eigenvalue weighted by Gasteiger charge is 2.21. The molecule has 6 rings (SSSR count). The summed E-state index contributed by atoms with van der Waals surface area (Å²) < 4.78 is 14.5. The van der Waals surface area contributed by atoms with Gasteiger partial charge in [0.2, 0.25) is 11.8 Å². The number of benzene rings is 4. The van der Waals surface area contributed by atoms with Crippen molar-refractivity contribution >= 4 is 67.6 Å². The van der Waals surface area contributed by atoms with Crippen molar-refractivity contribution in [2.45, 2.75) is 33.4 Å². The number of imidazole rings is 2. The second-order valence-electron chi connectivity index (χ2n) is 13.5. The number of fused-ring (bicyclic) bond motifs is 6. The van der Waals surface area contributed by atoms with Crippen molar-refractivity contribution in [2.75, 3.05) is 54.1 Å². The van der Waals surface area contributed by atoms with Crippen LogP contribution in [0.15, 0.2) is 60.7 Å². The zero-order chi connectivity index (χ0) is 39.1. The number of hydrogen-bond donors (Lipinski definition) is 4. The summed E-state index contributed by atoms with van der Waals surface area (Å²) >= 11 is 0. The van der Waals surface area contributed by atoms with Gasteiger partial charge in [-0.2, -0.15) is 0 Å². The number of carbonyl (C=O) groups excluding carboxylic acids is 4. The van der Waals surface area contributed by atoms with Gasteiger partial charge in [-0.1, -0.05) is 50.2 Å². The normalized spacial score (nSPS) is 11.9. The molecule has 0 bridgehead atoms. The molecule has 4 N–H and O–H groups in total. The van der Waals surface area contributed by atoms with E-state index in [4.69, 9.17) is 14.7 Å². The standard InChI is InChI=1S/C40H46N8O7/c1-6-15-47(35(49)18-41-39(51)54-4)21-33-43-31-13-9-27-16-25(7-11-29(27)37(31)45-33)26-8-12-30-28(17-26)10-14-32-38(30)46-34(44-32)22-48(20-24(2)23-53-3)36(50)19-42-40(52)55-5/h7-14,16-17,24H,6,15,18-23H2,1-5H3,(H,41,51)(H,42,52)(H,43,45)(H,44,46)/t24-/m1/s1. The Bertz CT molecular complexity index is 2350. The Labute approximate surface area is 317 Å². The van der Waals surface area contributed by atoms with Crippen LogP contribution in [0.1, 0.15) is 31.9 Å². The summed E-state index contributed by atoms with van der Waals surface area (Å²) in [6, 6.07) is 20.7. The van der Waals surface area contributed by atoms with E-state index in [0.29, 0.717) is 31.3 Å². The molecule has 0 fully saturated rings. The molecule has 0 saturated carbocycles. The van der Waals surface area contributed by atoms with E-state index >= 15 is 0 Å². The van der Waals surface area contributed by atoms with Crippen LogP contribution >= 0.6 is 0 Å². The van der Waals surface area contributed by atoms with Gasteiger partial charge in [-0.05, 0) is 58.5 Å². The number of carbonyl (C=O) groups is 4. The van der Waals surface area contributed by atoms with Gasteiger partial charge in [0.05, 0.1) is 56.0 Å². The Hall–Kier alpha value is -6.22. The summed E-state index contributed by atoms with van der Waals surface area (Å²) in [4.78, 5) is 68.8. The summed E-state index contributed by atoms with van der Waals surface area (Å²) in [5.74, 6) is 0.871. The second kappa shape index (κ2) is 17.3.